The van der Waals surface area contributed by atoms with E-state index in [0.717, 1.165) is 24.1 Å². The van der Waals surface area contributed by atoms with Gasteiger partial charge in [-0.2, -0.15) is 0 Å². The number of halogens is 1. The predicted octanol–water partition coefficient (Wildman–Crippen LogP) is 2.57. The first kappa shape index (κ1) is 13.4. The lowest BCUT2D eigenvalue weighted by Gasteiger charge is -2.07. The Balaban J connectivity index is 1.79. The summed E-state index contributed by atoms with van der Waals surface area (Å²) < 4.78 is 12.7. The highest BCUT2D eigenvalue weighted by Gasteiger charge is 2.01. The highest BCUT2D eigenvalue weighted by Crippen LogP contribution is 2.22. The van der Waals surface area contributed by atoms with Crippen molar-refractivity contribution >= 4 is 0 Å². The first-order valence-corrected chi connectivity index (χ1v) is 6.11. The van der Waals surface area contributed by atoms with Crippen LogP contribution in [0, 0.1) is 5.82 Å². The molecule has 0 radical (unpaired) electrons. The van der Waals surface area contributed by atoms with E-state index in [0.29, 0.717) is 6.54 Å². The predicted molar refractivity (Wildman–Crippen MR) is 71.6 cm³/mol. The van der Waals surface area contributed by atoms with Gasteiger partial charge in [0.25, 0.3) is 0 Å². The van der Waals surface area contributed by atoms with E-state index in [9.17, 15) is 9.50 Å². The van der Waals surface area contributed by atoms with Gasteiger partial charge in [-0.1, -0.05) is 18.2 Å². The van der Waals surface area contributed by atoms with Gasteiger partial charge in [0.05, 0.1) is 0 Å². The summed E-state index contributed by atoms with van der Waals surface area (Å²) in [6.45, 7) is 1.25. The third kappa shape index (κ3) is 3.96. The Kier molecular flexibility index (Phi) is 4.36. The maximum absolute atomic E-state index is 12.7. The largest absolute Gasteiger partial charge is 0.508 e. The number of hydrogen-bond acceptors (Lipinski definition) is 3. The third-order valence-corrected chi connectivity index (χ3v) is 2.89. The zero-order valence-electron chi connectivity index (χ0n) is 10.4. The zero-order valence-corrected chi connectivity index (χ0v) is 10.4. The number of rotatable bonds is 5. The summed E-state index contributed by atoms with van der Waals surface area (Å²) in [5, 5.41) is 22.0. The Bertz CT molecular complexity index is 540. The molecule has 3 N–H and O–H groups in total. The molecule has 0 atom stereocenters. The summed E-state index contributed by atoms with van der Waals surface area (Å²) in [5.74, 6) is -0.104. The van der Waals surface area contributed by atoms with Crippen LogP contribution < -0.4 is 5.32 Å². The van der Waals surface area contributed by atoms with Gasteiger partial charge in [-0.3, -0.25) is 0 Å². The highest BCUT2D eigenvalue weighted by molar-refractivity contribution is 5.38. The average Bonchev–Trinajstić information content (AvgIpc) is 2.39. The fraction of sp³-hybridized carbons (Fsp3) is 0.200. The van der Waals surface area contributed by atoms with Gasteiger partial charge >= 0.3 is 0 Å². The molecule has 100 valence electrons. The highest BCUT2D eigenvalue weighted by atomic mass is 19.1. The van der Waals surface area contributed by atoms with Crippen LogP contribution in [0.25, 0.3) is 0 Å². The van der Waals surface area contributed by atoms with Crippen molar-refractivity contribution in [3.63, 3.8) is 0 Å². The van der Waals surface area contributed by atoms with Crippen molar-refractivity contribution in [3.8, 4) is 11.5 Å². The summed E-state index contributed by atoms with van der Waals surface area (Å²) in [6, 6.07) is 10.9. The minimum atomic E-state index is -0.231. The number of aromatic hydroxyl groups is 2. The van der Waals surface area contributed by atoms with Crippen molar-refractivity contribution in [3.05, 3.63) is 59.4 Å². The summed E-state index contributed by atoms with van der Waals surface area (Å²) in [5.41, 5.74) is 1.79. The average molecular weight is 261 g/mol. The Labute approximate surface area is 111 Å². The number of hydrogen-bond donors (Lipinski definition) is 3. The van der Waals surface area contributed by atoms with E-state index in [-0.39, 0.29) is 17.3 Å². The topological polar surface area (TPSA) is 52.5 Å². The second-order valence-corrected chi connectivity index (χ2v) is 4.37. The van der Waals surface area contributed by atoms with Crippen molar-refractivity contribution in [2.75, 3.05) is 6.54 Å². The lowest BCUT2D eigenvalue weighted by atomic mass is 10.1. The second kappa shape index (κ2) is 6.20. The minimum Gasteiger partial charge on any atom is -0.508 e. The molecule has 19 heavy (non-hydrogen) atoms. The SMILES string of the molecule is Oc1ccc(CNCCc2ccc(F)cc2)c(O)c1. The number of nitrogens with one attached hydrogen (secondary N) is 1. The number of benzene rings is 2. The lowest BCUT2D eigenvalue weighted by Crippen LogP contribution is -2.16. The smallest absolute Gasteiger partial charge is 0.123 e. The molecule has 2 aromatic rings. The van der Waals surface area contributed by atoms with Gasteiger partial charge in [-0.25, -0.2) is 4.39 Å². The van der Waals surface area contributed by atoms with E-state index in [2.05, 4.69) is 5.32 Å². The van der Waals surface area contributed by atoms with Crippen LogP contribution in [0.2, 0.25) is 0 Å². The van der Waals surface area contributed by atoms with Gasteiger partial charge in [-0.05, 0) is 36.7 Å². The molecule has 2 rings (SSSR count). The molecule has 0 aliphatic rings. The van der Waals surface area contributed by atoms with Crippen LogP contribution in [0.1, 0.15) is 11.1 Å². The minimum absolute atomic E-state index is 0.0487. The van der Waals surface area contributed by atoms with Gasteiger partial charge in [0.2, 0.25) is 0 Å². The molecule has 0 spiro atoms. The Morgan fingerprint density at radius 2 is 1.74 bits per heavy atom. The Hall–Kier alpha value is -2.07. The Morgan fingerprint density at radius 3 is 2.42 bits per heavy atom. The van der Waals surface area contributed by atoms with E-state index >= 15 is 0 Å². The van der Waals surface area contributed by atoms with E-state index in [1.807, 2.05) is 0 Å². The summed E-state index contributed by atoms with van der Waals surface area (Å²) in [4.78, 5) is 0. The molecule has 0 heterocycles. The van der Waals surface area contributed by atoms with Crippen molar-refractivity contribution < 1.29 is 14.6 Å². The number of phenols is 2. The van der Waals surface area contributed by atoms with Crippen LogP contribution in [0.5, 0.6) is 11.5 Å². The fourth-order valence-electron chi connectivity index (χ4n) is 1.81. The molecular weight excluding hydrogens is 245 g/mol. The zero-order chi connectivity index (χ0) is 13.7. The van der Waals surface area contributed by atoms with Gasteiger partial charge in [0.15, 0.2) is 0 Å². The van der Waals surface area contributed by atoms with Crippen molar-refractivity contribution in [2.45, 2.75) is 13.0 Å². The van der Waals surface area contributed by atoms with Crippen LogP contribution in [-0.2, 0) is 13.0 Å². The molecular formula is C15H16FNO2. The van der Waals surface area contributed by atoms with Crippen molar-refractivity contribution in [2.24, 2.45) is 0 Å². The van der Waals surface area contributed by atoms with Crippen LogP contribution in [0.3, 0.4) is 0 Å². The molecule has 0 saturated heterocycles. The molecule has 0 aliphatic carbocycles. The van der Waals surface area contributed by atoms with Gasteiger partial charge < -0.3 is 15.5 Å². The molecule has 0 aliphatic heterocycles. The van der Waals surface area contributed by atoms with E-state index in [1.54, 1.807) is 18.2 Å². The molecule has 0 saturated carbocycles. The van der Waals surface area contributed by atoms with E-state index in [4.69, 9.17) is 5.11 Å². The standard InChI is InChI=1S/C15H16FNO2/c16-13-4-1-11(2-5-13)7-8-17-10-12-3-6-14(18)9-15(12)19/h1-6,9,17-19H,7-8,10H2. The molecule has 0 unspecified atom stereocenters. The first-order valence-electron chi connectivity index (χ1n) is 6.11. The maximum atomic E-state index is 12.7. The van der Waals surface area contributed by atoms with Crippen molar-refractivity contribution in [1.82, 2.24) is 5.32 Å². The Morgan fingerprint density at radius 1 is 1.00 bits per heavy atom. The molecule has 0 amide bonds. The number of phenolic OH excluding ortho intramolecular Hbond substituents is 2. The molecule has 4 heteroatoms. The van der Waals surface area contributed by atoms with E-state index < -0.39 is 0 Å². The summed E-state index contributed by atoms with van der Waals surface area (Å²) in [7, 11) is 0. The molecule has 2 aromatic carbocycles. The third-order valence-electron chi connectivity index (χ3n) is 2.89. The fourth-order valence-corrected chi connectivity index (χ4v) is 1.81. The van der Waals surface area contributed by atoms with Crippen LogP contribution in [-0.4, -0.2) is 16.8 Å². The second-order valence-electron chi connectivity index (χ2n) is 4.37. The van der Waals surface area contributed by atoms with Gasteiger partial charge in [0.1, 0.15) is 17.3 Å². The lowest BCUT2D eigenvalue weighted by molar-refractivity contribution is 0.444. The quantitative estimate of drug-likeness (QED) is 0.725. The summed E-state index contributed by atoms with van der Waals surface area (Å²) >= 11 is 0. The molecule has 0 bridgehead atoms. The molecule has 0 fully saturated rings. The molecule has 0 aromatic heterocycles. The van der Waals surface area contributed by atoms with Gasteiger partial charge in [0, 0.05) is 18.2 Å². The first-order chi connectivity index (χ1) is 9.15. The molecule has 3 nitrogen and oxygen atoms in total. The normalized spacial score (nSPS) is 10.6. The van der Waals surface area contributed by atoms with Crippen LogP contribution in [0.4, 0.5) is 4.39 Å². The van der Waals surface area contributed by atoms with Crippen LogP contribution in [0.15, 0.2) is 42.5 Å². The summed E-state index contributed by atoms with van der Waals surface area (Å²) in [6.07, 6.45) is 0.791. The van der Waals surface area contributed by atoms with E-state index in [1.165, 1.54) is 24.3 Å². The maximum Gasteiger partial charge on any atom is 0.123 e. The van der Waals surface area contributed by atoms with Crippen molar-refractivity contribution in [1.29, 1.82) is 0 Å². The van der Waals surface area contributed by atoms with Crippen LogP contribution >= 0.6 is 0 Å². The monoisotopic (exact) mass is 261 g/mol. The van der Waals surface area contributed by atoms with Gasteiger partial charge in [-0.15, -0.1) is 0 Å².